The van der Waals surface area contributed by atoms with E-state index in [2.05, 4.69) is 4.98 Å². The lowest BCUT2D eigenvalue weighted by Crippen LogP contribution is -2.45. The molecule has 1 fully saturated rings. The van der Waals surface area contributed by atoms with Gasteiger partial charge in [0.1, 0.15) is 23.8 Å². The van der Waals surface area contributed by atoms with Crippen molar-refractivity contribution in [2.24, 2.45) is 0 Å². The zero-order valence-corrected chi connectivity index (χ0v) is 13.0. The Kier molecular flexibility index (Phi) is 3.98. The van der Waals surface area contributed by atoms with Crippen molar-refractivity contribution in [3.63, 3.8) is 0 Å². The normalized spacial score (nSPS) is 16.2. The third-order valence-corrected chi connectivity index (χ3v) is 3.47. The van der Waals surface area contributed by atoms with E-state index in [1.54, 1.807) is 30.3 Å². The highest BCUT2D eigenvalue weighted by Crippen LogP contribution is 2.41. The van der Waals surface area contributed by atoms with Crippen LogP contribution < -0.4 is 10.5 Å². The number of amides is 1. The van der Waals surface area contributed by atoms with E-state index in [4.69, 9.17) is 15.2 Å². The summed E-state index contributed by atoms with van der Waals surface area (Å²) in [4.78, 5) is 17.7. The first-order valence-corrected chi connectivity index (χ1v) is 7.03. The van der Waals surface area contributed by atoms with E-state index in [0.29, 0.717) is 18.2 Å². The van der Waals surface area contributed by atoms with Gasteiger partial charge in [-0.2, -0.15) is 0 Å². The first-order chi connectivity index (χ1) is 9.72. The Morgan fingerprint density at radius 1 is 1.43 bits per heavy atom. The molecule has 1 aromatic rings. The number of pyridine rings is 1. The molecule has 1 aliphatic carbocycles. The third-order valence-electron chi connectivity index (χ3n) is 3.47. The van der Waals surface area contributed by atoms with Crippen LogP contribution in [0.2, 0.25) is 0 Å². The van der Waals surface area contributed by atoms with Gasteiger partial charge >= 0.3 is 6.09 Å². The molecular formula is C15H23N3O3. The number of rotatable bonds is 4. The molecule has 1 aromatic heterocycles. The number of likely N-dealkylation sites (N-methyl/N-ethyl adjacent to an activating group) is 1. The molecule has 116 valence electrons. The number of ether oxygens (including phenoxy) is 2. The summed E-state index contributed by atoms with van der Waals surface area (Å²) in [7, 11) is 1.76. The Labute approximate surface area is 125 Å². The smallest absolute Gasteiger partial charge is 0.410 e. The molecule has 0 bridgehead atoms. The second kappa shape index (κ2) is 5.42. The molecule has 0 unspecified atom stereocenters. The topological polar surface area (TPSA) is 77.7 Å². The fourth-order valence-electron chi connectivity index (χ4n) is 1.94. The minimum atomic E-state index is -0.497. The van der Waals surface area contributed by atoms with Crippen LogP contribution in [0.4, 0.5) is 10.6 Å². The molecule has 0 aromatic carbocycles. The van der Waals surface area contributed by atoms with Crippen molar-refractivity contribution < 1.29 is 14.3 Å². The van der Waals surface area contributed by atoms with E-state index >= 15 is 0 Å². The van der Waals surface area contributed by atoms with Gasteiger partial charge in [0.2, 0.25) is 0 Å². The minimum absolute atomic E-state index is 0.274. The maximum absolute atomic E-state index is 12.1. The molecule has 1 aliphatic rings. The number of aromatic nitrogens is 1. The molecule has 1 amide bonds. The molecule has 21 heavy (non-hydrogen) atoms. The lowest BCUT2D eigenvalue weighted by Gasteiger charge is -2.30. The number of nitrogens with two attached hydrogens (primary N) is 1. The van der Waals surface area contributed by atoms with Gasteiger partial charge in [0.25, 0.3) is 0 Å². The van der Waals surface area contributed by atoms with Crippen molar-refractivity contribution in [1.82, 2.24) is 9.88 Å². The molecule has 2 rings (SSSR count). The number of hydrogen-bond acceptors (Lipinski definition) is 5. The van der Waals surface area contributed by atoms with Crippen molar-refractivity contribution in [3.8, 4) is 5.75 Å². The van der Waals surface area contributed by atoms with E-state index in [9.17, 15) is 4.79 Å². The molecule has 0 saturated heterocycles. The molecular weight excluding hydrogens is 270 g/mol. The molecule has 0 aliphatic heterocycles. The van der Waals surface area contributed by atoms with Gasteiger partial charge in [-0.3, -0.25) is 0 Å². The Morgan fingerprint density at radius 2 is 2.10 bits per heavy atom. The summed E-state index contributed by atoms with van der Waals surface area (Å²) in [6.07, 6.45) is 3.08. The zero-order valence-electron chi connectivity index (χ0n) is 13.0. The summed E-state index contributed by atoms with van der Waals surface area (Å²) < 4.78 is 11.1. The first-order valence-electron chi connectivity index (χ1n) is 7.03. The predicted molar refractivity (Wildman–Crippen MR) is 80.1 cm³/mol. The van der Waals surface area contributed by atoms with Crippen molar-refractivity contribution in [2.75, 3.05) is 19.4 Å². The summed E-state index contributed by atoms with van der Waals surface area (Å²) >= 11 is 0. The van der Waals surface area contributed by atoms with E-state index in [-0.39, 0.29) is 11.6 Å². The third kappa shape index (κ3) is 4.00. The van der Waals surface area contributed by atoms with Crippen LogP contribution in [0.25, 0.3) is 0 Å². The first kappa shape index (κ1) is 15.4. The average molecular weight is 293 g/mol. The molecule has 0 spiro atoms. The molecule has 6 nitrogen and oxygen atoms in total. The number of hydrogen-bond donors (Lipinski definition) is 1. The Balaban J connectivity index is 1.93. The highest BCUT2D eigenvalue weighted by Gasteiger charge is 2.50. The van der Waals surface area contributed by atoms with Gasteiger partial charge in [0.15, 0.2) is 0 Å². The quantitative estimate of drug-likeness (QED) is 0.922. The molecule has 6 heteroatoms. The number of carbonyl (C=O) groups excluding carboxylic acids is 1. The lowest BCUT2D eigenvalue weighted by molar-refractivity contribution is 0.0139. The minimum Gasteiger partial charge on any atom is -0.490 e. The highest BCUT2D eigenvalue weighted by atomic mass is 16.6. The molecule has 1 heterocycles. The van der Waals surface area contributed by atoms with Gasteiger partial charge in [-0.1, -0.05) is 0 Å². The van der Waals surface area contributed by atoms with E-state index < -0.39 is 5.60 Å². The monoisotopic (exact) mass is 293 g/mol. The van der Waals surface area contributed by atoms with Crippen molar-refractivity contribution in [2.45, 2.75) is 44.8 Å². The highest BCUT2D eigenvalue weighted by molar-refractivity contribution is 5.69. The van der Waals surface area contributed by atoms with Crippen LogP contribution in [-0.4, -0.2) is 40.8 Å². The van der Waals surface area contributed by atoms with E-state index in [0.717, 1.165) is 12.8 Å². The van der Waals surface area contributed by atoms with Gasteiger partial charge in [0, 0.05) is 7.05 Å². The van der Waals surface area contributed by atoms with Crippen molar-refractivity contribution in [1.29, 1.82) is 0 Å². The molecule has 1 saturated carbocycles. The Morgan fingerprint density at radius 3 is 2.57 bits per heavy atom. The standard InChI is InChI=1S/C15H23N3O3/c1-14(2,3)21-13(19)18(4)15(7-8-15)10-20-11-5-6-12(16)17-9-11/h5-6,9H,7-8,10H2,1-4H3,(H2,16,17). The SMILES string of the molecule is CN(C(=O)OC(C)(C)C)C1(COc2ccc(N)nc2)CC1. The van der Waals surface area contributed by atoms with Gasteiger partial charge in [0.05, 0.1) is 11.7 Å². The maximum Gasteiger partial charge on any atom is 0.410 e. The maximum atomic E-state index is 12.1. The summed E-state index contributed by atoms with van der Waals surface area (Å²) in [5.74, 6) is 1.10. The van der Waals surface area contributed by atoms with Crippen LogP contribution in [0.1, 0.15) is 33.6 Å². The van der Waals surface area contributed by atoms with Gasteiger partial charge in [-0.15, -0.1) is 0 Å². The zero-order chi connectivity index (χ0) is 15.7. The largest absolute Gasteiger partial charge is 0.490 e. The number of anilines is 1. The number of nitrogen functional groups attached to an aromatic ring is 1. The van der Waals surface area contributed by atoms with E-state index in [1.807, 2.05) is 20.8 Å². The van der Waals surface area contributed by atoms with Crippen LogP contribution in [0.5, 0.6) is 5.75 Å². The fraction of sp³-hybridized carbons (Fsp3) is 0.600. The van der Waals surface area contributed by atoms with Crippen molar-refractivity contribution in [3.05, 3.63) is 18.3 Å². The second-order valence-electron chi connectivity index (χ2n) is 6.47. The summed E-state index contributed by atoms with van der Waals surface area (Å²) in [5.41, 5.74) is 4.76. The predicted octanol–water partition coefficient (Wildman–Crippen LogP) is 2.44. The Hall–Kier alpha value is -1.98. The van der Waals surface area contributed by atoms with Crippen LogP contribution >= 0.6 is 0 Å². The van der Waals surface area contributed by atoms with Crippen LogP contribution in [0.15, 0.2) is 18.3 Å². The van der Waals surface area contributed by atoms with Crippen LogP contribution in [0.3, 0.4) is 0 Å². The van der Waals surface area contributed by atoms with Crippen LogP contribution in [0, 0.1) is 0 Å². The number of carbonyl (C=O) groups is 1. The van der Waals surface area contributed by atoms with Crippen molar-refractivity contribution >= 4 is 11.9 Å². The summed E-state index contributed by atoms with van der Waals surface area (Å²) in [6.45, 7) is 5.99. The molecule has 0 atom stereocenters. The lowest BCUT2D eigenvalue weighted by atomic mass is 10.2. The van der Waals surface area contributed by atoms with E-state index in [1.165, 1.54) is 0 Å². The van der Waals surface area contributed by atoms with Crippen LogP contribution in [-0.2, 0) is 4.74 Å². The summed E-state index contributed by atoms with van der Waals surface area (Å²) in [6, 6.07) is 3.46. The van der Waals surface area contributed by atoms with Gasteiger partial charge in [-0.25, -0.2) is 9.78 Å². The average Bonchev–Trinajstić information content (AvgIpc) is 3.16. The molecule has 0 radical (unpaired) electrons. The van der Waals surface area contributed by atoms with Gasteiger partial charge < -0.3 is 20.1 Å². The number of nitrogens with zero attached hydrogens (tertiary/aromatic N) is 2. The fourth-order valence-corrected chi connectivity index (χ4v) is 1.94. The Bertz CT molecular complexity index is 504. The molecule has 2 N–H and O–H groups in total. The summed E-state index contributed by atoms with van der Waals surface area (Å²) in [5, 5.41) is 0. The second-order valence-corrected chi connectivity index (χ2v) is 6.47. The van der Waals surface area contributed by atoms with Gasteiger partial charge in [-0.05, 0) is 45.7 Å².